The van der Waals surface area contributed by atoms with E-state index in [1.165, 1.54) is 6.33 Å². The lowest BCUT2D eigenvalue weighted by molar-refractivity contribution is 0.870. The molecule has 0 fully saturated rings. The Morgan fingerprint density at radius 3 is 2.63 bits per heavy atom. The molecule has 2 aromatic heterocycles. The van der Waals surface area contributed by atoms with Crippen LogP contribution in [-0.2, 0) is 6.42 Å². The maximum Gasteiger partial charge on any atom is 0.224 e. The monoisotopic (exact) mass is 273 g/mol. The third-order valence-corrected chi connectivity index (χ3v) is 3.24. The molecule has 0 unspecified atom stereocenters. The van der Waals surface area contributed by atoms with Gasteiger partial charge in [-0.25, -0.2) is 9.97 Å². The van der Waals surface area contributed by atoms with Crippen LogP contribution in [0.2, 0.25) is 5.02 Å². The molecular formula is C13H12ClN5. The average molecular weight is 274 g/mol. The highest BCUT2D eigenvalue weighted by molar-refractivity contribution is 6.30. The summed E-state index contributed by atoms with van der Waals surface area (Å²) in [4.78, 5) is 8.24. The maximum atomic E-state index is 5.92. The van der Waals surface area contributed by atoms with Gasteiger partial charge >= 0.3 is 0 Å². The Balaban J connectivity index is 2.32. The summed E-state index contributed by atoms with van der Waals surface area (Å²) >= 11 is 5.92. The second-order valence-corrected chi connectivity index (χ2v) is 4.59. The summed E-state index contributed by atoms with van der Waals surface area (Å²) in [5.74, 6) is 0.333. The predicted octanol–water partition coefficient (Wildman–Crippen LogP) is 2.59. The van der Waals surface area contributed by atoms with Crippen LogP contribution in [0.25, 0.3) is 16.8 Å². The lowest BCUT2D eigenvalue weighted by atomic mass is 10.0. The van der Waals surface area contributed by atoms with Crippen molar-refractivity contribution in [2.24, 2.45) is 0 Å². The van der Waals surface area contributed by atoms with Gasteiger partial charge in [-0.1, -0.05) is 30.7 Å². The zero-order valence-electron chi connectivity index (χ0n) is 10.3. The first kappa shape index (κ1) is 11.9. The van der Waals surface area contributed by atoms with Gasteiger partial charge in [-0.15, -0.1) is 0 Å². The van der Waals surface area contributed by atoms with E-state index < -0.39 is 0 Å². The fraction of sp³-hybridized carbons (Fsp3) is 0.154. The molecule has 0 atom stereocenters. The standard InChI is InChI=1S/C13H12ClN5/c1-2-10-11(8-3-5-9(14)6-4-8)12-16-7-17-13(15)19(12)18-10/h3-7H,2H2,1H3,(H2,15,16,17). The van der Waals surface area contributed by atoms with Gasteiger partial charge in [0.2, 0.25) is 5.95 Å². The SMILES string of the molecule is CCc1nn2c(N)ncnc2c1-c1ccc(Cl)cc1. The van der Waals surface area contributed by atoms with Crippen molar-refractivity contribution in [3.8, 4) is 11.1 Å². The van der Waals surface area contributed by atoms with Crippen LogP contribution in [-0.4, -0.2) is 19.6 Å². The van der Waals surface area contributed by atoms with Gasteiger partial charge in [-0.3, -0.25) is 0 Å². The molecule has 0 aliphatic heterocycles. The fourth-order valence-corrected chi connectivity index (χ4v) is 2.22. The summed E-state index contributed by atoms with van der Waals surface area (Å²) in [6.07, 6.45) is 2.24. The second-order valence-electron chi connectivity index (χ2n) is 4.15. The molecule has 0 aliphatic rings. The normalized spacial score (nSPS) is 11.1. The van der Waals surface area contributed by atoms with Crippen LogP contribution in [0, 0.1) is 0 Å². The Bertz CT molecular complexity index is 733. The highest BCUT2D eigenvalue weighted by Gasteiger charge is 2.16. The highest BCUT2D eigenvalue weighted by atomic mass is 35.5. The number of aromatic nitrogens is 4. The van der Waals surface area contributed by atoms with Gasteiger partial charge in [0.25, 0.3) is 0 Å². The van der Waals surface area contributed by atoms with E-state index in [1.54, 1.807) is 4.52 Å². The Kier molecular flexibility index (Phi) is 2.83. The lowest BCUT2D eigenvalue weighted by Gasteiger charge is -2.01. The maximum absolute atomic E-state index is 5.92. The van der Waals surface area contributed by atoms with Crippen LogP contribution in [0.5, 0.6) is 0 Å². The molecule has 96 valence electrons. The molecule has 5 nitrogen and oxygen atoms in total. The van der Waals surface area contributed by atoms with Gasteiger partial charge in [0.05, 0.1) is 5.69 Å². The number of hydrogen-bond donors (Lipinski definition) is 1. The van der Waals surface area contributed by atoms with Gasteiger partial charge in [-0.2, -0.15) is 9.61 Å². The van der Waals surface area contributed by atoms with Crippen molar-refractivity contribution in [2.45, 2.75) is 13.3 Å². The zero-order chi connectivity index (χ0) is 13.4. The molecule has 2 N–H and O–H groups in total. The van der Waals surface area contributed by atoms with Crippen LogP contribution in [0.4, 0.5) is 5.95 Å². The van der Waals surface area contributed by atoms with E-state index in [4.69, 9.17) is 17.3 Å². The number of fused-ring (bicyclic) bond motifs is 1. The average Bonchev–Trinajstić information content (AvgIpc) is 2.80. The molecule has 6 heteroatoms. The van der Waals surface area contributed by atoms with E-state index in [1.807, 2.05) is 31.2 Å². The minimum atomic E-state index is 0.333. The largest absolute Gasteiger partial charge is 0.368 e. The number of nitrogen functional groups attached to an aromatic ring is 1. The van der Waals surface area contributed by atoms with Gasteiger partial charge in [-0.05, 0) is 24.1 Å². The van der Waals surface area contributed by atoms with Crippen molar-refractivity contribution < 1.29 is 0 Å². The van der Waals surface area contributed by atoms with Crippen LogP contribution >= 0.6 is 11.6 Å². The molecule has 3 aromatic rings. The summed E-state index contributed by atoms with van der Waals surface area (Å²) in [6.45, 7) is 2.05. The molecule has 0 bridgehead atoms. The molecule has 0 radical (unpaired) electrons. The Morgan fingerprint density at radius 2 is 1.95 bits per heavy atom. The number of hydrogen-bond acceptors (Lipinski definition) is 4. The summed E-state index contributed by atoms with van der Waals surface area (Å²) in [6, 6.07) is 7.61. The third-order valence-electron chi connectivity index (χ3n) is 2.99. The van der Waals surface area contributed by atoms with E-state index in [0.717, 1.165) is 23.2 Å². The van der Waals surface area contributed by atoms with E-state index in [-0.39, 0.29) is 0 Å². The number of nitrogens with zero attached hydrogens (tertiary/aromatic N) is 4. The number of anilines is 1. The van der Waals surface area contributed by atoms with Gasteiger partial charge < -0.3 is 5.73 Å². The minimum absolute atomic E-state index is 0.333. The first-order chi connectivity index (χ1) is 9.20. The zero-order valence-corrected chi connectivity index (χ0v) is 11.1. The second kappa shape index (κ2) is 4.51. The van der Waals surface area contributed by atoms with Crippen molar-refractivity contribution in [3.05, 3.63) is 41.3 Å². The molecule has 19 heavy (non-hydrogen) atoms. The molecule has 0 spiro atoms. The lowest BCUT2D eigenvalue weighted by Crippen LogP contribution is -2.02. The van der Waals surface area contributed by atoms with Crippen LogP contribution in [0.15, 0.2) is 30.6 Å². The Labute approximate surface area is 115 Å². The molecule has 0 amide bonds. The van der Waals surface area contributed by atoms with Crippen molar-refractivity contribution in [1.29, 1.82) is 0 Å². The molecule has 0 saturated heterocycles. The molecule has 2 heterocycles. The Morgan fingerprint density at radius 1 is 1.21 bits per heavy atom. The van der Waals surface area contributed by atoms with Crippen molar-refractivity contribution in [3.63, 3.8) is 0 Å². The first-order valence-corrected chi connectivity index (χ1v) is 6.32. The number of halogens is 1. The number of benzene rings is 1. The van der Waals surface area contributed by atoms with E-state index in [0.29, 0.717) is 16.6 Å². The summed E-state index contributed by atoms with van der Waals surface area (Å²) in [7, 11) is 0. The van der Waals surface area contributed by atoms with E-state index >= 15 is 0 Å². The van der Waals surface area contributed by atoms with Crippen molar-refractivity contribution in [1.82, 2.24) is 19.6 Å². The summed E-state index contributed by atoms with van der Waals surface area (Å²) in [5, 5.41) is 5.16. The van der Waals surface area contributed by atoms with Gasteiger partial charge in [0, 0.05) is 10.6 Å². The smallest absolute Gasteiger partial charge is 0.224 e. The number of rotatable bonds is 2. The summed E-state index contributed by atoms with van der Waals surface area (Å²) < 4.78 is 1.57. The van der Waals surface area contributed by atoms with Crippen molar-refractivity contribution in [2.75, 3.05) is 5.73 Å². The van der Waals surface area contributed by atoms with Gasteiger partial charge in [0.15, 0.2) is 5.65 Å². The van der Waals surface area contributed by atoms with Crippen LogP contribution < -0.4 is 5.73 Å². The topological polar surface area (TPSA) is 69.1 Å². The van der Waals surface area contributed by atoms with Crippen molar-refractivity contribution >= 4 is 23.2 Å². The van der Waals surface area contributed by atoms with Gasteiger partial charge in [0.1, 0.15) is 6.33 Å². The molecule has 3 rings (SSSR count). The molecule has 0 saturated carbocycles. The fourth-order valence-electron chi connectivity index (χ4n) is 2.09. The molecule has 1 aromatic carbocycles. The number of nitrogens with two attached hydrogens (primary N) is 1. The first-order valence-electron chi connectivity index (χ1n) is 5.94. The summed E-state index contributed by atoms with van der Waals surface area (Å²) in [5.41, 5.74) is 9.48. The van der Waals surface area contributed by atoms with E-state index in [9.17, 15) is 0 Å². The van der Waals surface area contributed by atoms with Crippen LogP contribution in [0.1, 0.15) is 12.6 Å². The Hall–Kier alpha value is -2.14. The van der Waals surface area contributed by atoms with Crippen LogP contribution in [0.3, 0.4) is 0 Å². The highest BCUT2D eigenvalue weighted by Crippen LogP contribution is 2.29. The number of aryl methyl sites for hydroxylation is 1. The molecular weight excluding hydrogens is 262 g/mol. The third kappa shape index (κ3) is 1.92. The van der Waals surface area contributed by atoms with E-state index in [2.05, 4.69) is 15.1 Å². The predicted molar refractivity (Wildman–Crippen MR) is 75.0 cm³/mol. The molecule has 0 aliphatic carbocycles. The minimum Gasteiger partial charge on any atom is -0.368 e. The quantitative estimate of drug-likeness (QED) is 0.779.